The first-order chi connectivity index (χ1) is 14.0. The third kappa shape index (κ3) is 2.11. The lowest BCUT2D eigenvalue weighted by Gasteiger charge is -2.46. The second kappa shape index (κ2) is 5.77. The van der Waals surface area contributed by atoms with Crippen molar-refractivity contribution in [3.05, 3.63) is 63.6 Å². The van der Waals surface area contributed by atoms with E-state index in [1.54, 1.807) is 0 Å². The van der Waals surface area contributed by atoms with E-state index in [9.17, 15) is 0 Å². The molecule has 2 N–H and O–H groups in total. The molecule has 0 fully saturated rings. The van der Waals surface area contributed by atoms with Gasteiger partial charge in [-0.15, -0.1) is 11.6 Å². The zero-order chi connectivity index (χ0) is 20.0. The standard InChI is InChI=1S/C24H27ClN4/c1-4-14-6-5-7-15-18-12-23(2,25)21-17(8-11-27-21)24(18,3)22-16-13-26-10-9-19(16)28-29(22)20(14)15/h5-7,12,26-27H,4,8-11,13H2,1-3H3. The first kappa shape index (κ1) is 17.8. The lowest BCUT2D eigenvalue weighted by molar-refractivity contribution is 0.582. The van der Waals surface area contributed by atoms with E-state index in [1.165, 1.54) is 50.6 Å². The van der Waals surface area contributed by atoms with Crippen molar-refractivity contribution < 1.29 is 0 Å². The summed E-state index contributed by atoms with van der Waals surface area (Å²) in [5.74, 6) is 0. The minimum Gasteiger partial charge on any atom is -0.386 e. The number of halogens is 1. The molecule has 2 atom stereocenters. The van der Waals surface area contributed by atoms with Gasteiger partial charge >= 0.3 is 0 Å². The highest BCUT2D eigenvalue weighted by Crippen LogP contribution is 2.58. The first-order valence-electron chi connectivity index (χ1n) is 10.8. The average molecular weight is 407 g/mol. The lowest BCUT2D eigenvalue weighted by atomic mass is 9.62. The Morgan fingerprint density at radius 1 is 1.21 bits per heavy atom. The summed E-state index contributed by atoms with van der Waals surface area (Å²) >= 11 is 7.11. The number of allylic oxidation sites excluding steroid dienone is 2. The summed E-state index contributed by atoms with van der Waals surface area (Å²) in [6.07, 6.45) is 5.32. The monoisotopic (exact) mass is 406 g/mol. The third-order valence-electron chi connectivity index (χ3n) is 7.41. The molecular weight excluding hydrogens is 380 g/mol. The van der Waals surface area contributed by atoms with Crippen molar-refractivity contribution in [1.82, 2.24) is 20.4 Å². The van der Waals surface area contributed by atoms with Crippen molar-refractivity contribution in [2.24, 2.45) is 0 Å². The second-order valence-corrected chi connectivity index (χ2v) is 9.85. The van der Waals surface area contributed by atoms with Crippen LogP contribution in [0.2, 0.25) is 0 Å². The molecule has 0 saturated heterocycles. The molecule has 6 rings (SSSR count). The van der Waals surface area contributed by atoms with E-state index >= 15 is 0 Å². The van der Waals surface area contributed by atoms with Gasteiger partial charge in [0.15, 0.2) is 0 Å². The molecule has 3 aliphatic heterocycles. The topological polar surface area (TPSA) is 41.9 Å². The van der Waals surface area contributed by atoms with Gasteiger partial charge in [-0.1, -0.05) is 31.2 Å². The Balaban J connectivity index is 1.76. The molecule has 2 unspecified atom stereocenters. The van der Waals surface area contributed by atoms with Gasteiger partial charge in [-0.3, -0.25) is 0 Å². The van der Waals surface area contributed by atoms with Crippen LogP contribution in [0.1, 0.15) is 55.3 Å². The summed E-state index contributed by atoms with van der Waals surface area (Å²) < 4.78 is 2.29. The minimum absolute atomic E-state index is 0.202. The summed E-state index contributed by atoms with van der Waals surface area (Å²) in [7, 11) is 0. The Labute approximate surface area is 177 Å². The van der Waals surface area contributed by atoms with E-state index < -0.39 is 4.87 Å². The van der Waals surface area contributed by atoms with Gasteiger partial charge in [-0.25, -0.2) is 4.68 Å². The van der Waals surface area contributed by atoms with Crippen molar-refractivity contribution in [2.45, 2.75) is 56.9 Å². The van der Waals surface area contributed by atoms with E-state index in [0.29, 0.717) is 0 Å². The lowest BCUT2D eigenvalue weighted by Crippen LogP contribution is -2.42. The Morgan fingerprint density at radius 2 is 2.07 bits per heavy atom. The number of hydrogen-bond donors (Lipinski definition) is 2. The minimum atomic E-state index is -0.499. The van der Waals surface area contributed by atoms with Gasteiger partial charge in [0, 0.05) is 42.9 Å². The van der Waals surface area contributed by atoms with Gasteiger partial charge in [0.05, 0.1) is 27.4 Å². The quantitative estimate of drug-likeness (QED) is 0.703. The number of nitrogens with zero attached hydrogens (tertiary/aromatic N) is 2. The van der Waals surface area contributed by atoms with Crippen LogP contribution in [0, 0.1) is 0 Å². The normalized spacial score (nSPS) is 29.3. The number of para-hydroxylation sites is 1. The Bertz CT molecular complexity index is 1120. The van der Waals surface area contributed by atoms with E-state index in [-0.39, 0.29) is 5.41 Å². The van der Waals surface area contributed by atoms with Gasteiger partial charge < -0.3 is 10.6 Å². The number of hydrogen-bond acceptors (Lipinski definition) is 3. The molecule has 0 amide bonds. The molecule has 2 aromatic rings. The van der Waals surface area contributed by atoms with Gasteiger partial charge in [0.2, 0.25) is 0 Å². The maximum atomic E-state index is 7.11. The van der Waals surface area contributed by atoms with Gasteiger partial charge in [0.25, 0.3) is 0 Å². The summed E-state index contributed by atoms with van der Waals surface area (Å²) in [6, 6.07) is 6.70. The van der Waals surface area contributed by atoms with Crippen molar-refractivity contribution in [3.63, 3.8) is 0 Å². The molecule has 1 aromatic carbocycles. The first-order valence-corrected chi connectivity index (χ1v) is 11.2. The fourth-order valence-electron chi connectivity index (χ4n) is 6.10. The van der Waals surface area contributed by atoms with Crippen molar-refractivity contribution in [1.29, 1.82) is 0 Å². The fraction of sp³-hybridized carbons (Fsp3) is 0.458. The van der Waals surface area contributed by atoms with E-state index in [1.807, 2.05) is 0 Å². The molecule has 0 bridgehead atoms. The Hall–Kier alpha value is -2.04. The molecule has 0 saturated carbocycles. The Morgan fingerprint density at radius 3 is 2.90 bits per heavy atom. The number of nitrogens with one attached hydrogen (secondary N) is 2. The second-order valence-electron chi connectivity index (χ2n) is 9.07. The van der Waals surface area contributed by atoms with Crippen molar-refractivity contribution >= 4 is 17.2 Å². The molecule has 4 aliphatic rings. The van der Waals surface area contributed by atoms with Crippen molar-refractivity contribution in [3.8, 4) is 5.69 Å². The molecule has 150 valence electrons. The molecule has 4 nitrogen and oxygen atoms in total. The van der Waals surface area contributed by atoms with Crippen LogP contribution in [-0.2, 0) is 24.8 Å². The molecule has 29 heavy (non-hydrogen) atoms. The van der Waals surface area contributed by atoms with Crippen LogP contribution in [0.25, 0.3) is 11.3 Å². The maximum Gasteiger partial charge on any atom is 0.0998 e. The molecule has 1 aromatic heterocycles. The van der Waals surface area contributed by atoms with Crippen LogP contribution in [-0.4, -0.2) is 27.7 Å². The van der Waals surface area contributed by atoms with Gasteiger partial charge in [-0.05, 0) is 43.4 Å². The maximum absolute atomic E-state index is 7.11. The van der Waals surface area contributed by atoms with Gasteiger partial charge in [-0.2, -0.15) is 5.10 Å². The van der Waals surface area contributed by atoms with E-state index in [0.717, 1.165) is 38.9 Å². The SMILES string of the molecule is CCc1cccc2c1-n1nc3c(c1C1(C)C2=CC(C)(Cl)C2=C1CCN2)CNCC3. The highest BCUT2D eigenvalue weighted by molar-refractivity contribution is 6.28. The predicted molar refractivity (Wildman–Crippen MR) is 118 cm³/mol. The van der Waals surface area contributed by atoms with Crippen LogP contribution >= 0.6 is 11.6 Å². The average Bonchev–Trinajstić information content (AvgIpc) is 3.36. The fourth-order valence-corrected chi connectivity index (χ4v) is 6.39. The van der Waals surface area contributed by atoms with E-state index in [2.05, 4.69) is 60.4 Å². The highest BCUT2D eigenvalue weighted by Gasteiger charge is 2.53. The highest BCUT2D eigenvalue weighted by atomic mass is 35.5. The predicted octanol–water partition coefficient (Wildman–Crippen LogP) is 3.99. The summed E-state index contributed by atoms with van der Waals surface area (Å²) in [4.78, 5) is -0.499. The Kier molecular flexibility index (Phi) is 3.54. The van der Waals surface area contributed by atoms with Gasteiger partial charge in [0.1, 0.15) is 0 Å². The summed E-state index contributed by atoms with van der Waals surface area (Å²) in [6.45, 7) is 9.61. The van der Waals surface area contributed by atoms with Crippen molar-refractivity contribution in [2.75, 3.05) is 13.1 Å². The molecule has 0 spiro atoms. The van der Waals surface area contributed by atoms with Crippen LogP contribution in [0.4, 0.5) is 0 Å². The molecule has 1 aliphatic carbocycles. The molecular formula is C24H27ClN4. The smallest absolute Gasteiger partial charge is 0.0998 e. The molecule has 4 heterocycles. The van der Waals surface area contributed by atoms with Crippen LogP contribution in [0.5, 0.6) is 0 Å². The zero-order valence-corrected chi connectivity index (χ0v) is 18.1. The number of aryl methyl sites for hydroxylation is 1. The summed E-state index contributed by atoms with van der Waals surface area (Å²) in [5.41, 5.74) is 11.7. The summed E-state index contributed by atoms with van der Waals surface area (Å²) in [5, 5.41) is 12.4. The number of benzene rings is 1. The molecule has 5 heteroatoms. The van der Waals surface area contributed by atoms with Crippen LogP contribution in [0.3, 0.4) is 0 Å². The number of aromatic nitrogens is 2. The zero-order valence-electron chi connectivity index (χ0n) is 17.3. The van der Waals surface area contributed by atoms with E-state index in [4.69, 9.17) is 16.7 Å². The largest absolute Gasteiger partial charge is 0.386 e. The number of rotatable bonds is 1. The van der Waals surface area contributed by atoms with Crippen LogP contribution < -0.4 is 10.6 Å². The molecule has 0 radical (unpaired) electrons. The third-order valence-corrected chi connectivity index (χ3v) is 7.71. The number of fused-ring (bicyclic) bond motifs is 9. The number of alkyl halides is 1. The van der Waals surface area contributed by atoms with Crippen LogP contribution in [0.15, 0.2) is 35.5 Å².